The van der Waals surface area contributed by atoms with Crippen LogP contribution in [0.1, 0.15) is 5.56 Å². The molecule has 6 nitrogen and oxygen atoms in total. The van der Waals surface area contributed by atoms with E-state index in [-0.39, 0.29) is 10.8 Å². The van der Waals surface area contributed by atoms with Crippen LogP contribution in [0.15, 0.2) is 89.8 Å². The van der Waals surface area contributed by atoms with Gasteiger partial charge in [-0.1, -0.05) is 30.3 Å². The van der Waals surface area contributed by atoms with E-state index in [0.717, 1.165) is 16.9 Å². The number of hydrogen-bond donors (Lipinski definition) is 3. The Morgan fingerprint density at radius 1 is 0.793 bits per heavy atom. The number of carbonyl (C=O) groups excluding carboxylic acids is 1. The molecule has 0 saturated heterocycles. The lowest BCUT2D eigenvalue weighted by Gasteiger charge is -2.07. The summed E-state index contributed by atoms with van der Waals surface area (Å²) in [6.07, 6.45) is 3.02. The maximum atomic E-state index is 12.1. The maximum absolute atomic E-state index is 12.1. The van der Waals surface area contributed by atoms with E-state index in [2.05, 4.69) is 15.4 Å². The van der Waals surface area contributed by atoms with Crippen LogP contribution in [0, 0.1) is 0 Å². The molecule has 3 N–H and O–H groups in total. The van der Waals surface area contributed by atoms with E-state index in [1.807, 2.05) is 54.6 Å². The van der Waals surface area contributed by atoms with Gasteiger partial charge in [-0.3, -0.25) is 4.79 Å². The number of hydrogen-bond acceptors (Lipinski definition) is 4. The Labute approximate surface area is 170 Å². The molecule has 0 bridgehead atoms. The average Bonchev–Trinajstić information content (AvgIpc) is 2.75. The number of rotatable bonds is 7. The topological polar surface area (TPSA) is 87.3 Å². The molecule has 3 aromatic carbocycles. The standard InChI is InChI=1S/C22H21N3O3S/c1-23-29(27,28)21-14-7-17(8-15-21)9-16-22(26)25-20-12-10-19(11-13-20)24-18-5-3-2-4-6-18/h2-16,23-24H,1H3,(H,25,26). The zero-order valence-electron chi connectivity index (χ0n) is 15.8. The predicted molar refractivity (Wildman–Crippen MR) is 117 cm³/mol. The van der Waals surface area contributed by atoms with E-state index in [1.165, 1.54) is 25.3 Å². The van der Waals surface area contributed by atoms with E-state index in [1.54, 1.807) is 18.2 Å². The van der Waals surface area contributed by atoms with Crippen LogP contribution in [0.5, 0.6) is 0 Å². The van der Waals surface area contributed by atoms with Crippen LogP contribution in [0.2, 0.25) is 0 Å². The van der Waals surface area contributed by atoms with Crippen LogP contribution in [0.4, 0.5) is 17.1 Å². The normalized spacial score (nSPS) is 11.3. The highest BCUT2D eigenvalue weighted by Gasteiger charge is 2.09. The summed E-state index contributed by atoms with van der Waals surface area (Å²) in [5.74, 6) is -0.277. The third-order valence-electron chi connectivity index (χ3n) is 4.10. The summed E-state index contributed by atoms with van der Waals surface area (Å²) < 4.78 is 25.7. The molecule has 0 fully saturated rings. The molecule has 3 aromatic rings. The van der Waals surface area contributed by atoms with E-state index < -0.39 is 10.0 Å². The zero-order valence-corrected chi connectivity index (χ0v) is 16.6. The number of para-hydroxylation sites is 1. The first-order chi connectivity index (χ1) is 14.0. The minimum absolute atomic E-state index is 0.172. The van der Waals surface area contributed by atoms with Gasteiger partial charge in [-0.15, -0.1) is 0 Å². The van der Waals surface area contributed by atoms with Crippen LogP contribution in [-0.4, -0.2) is 21.4 Å². The Balaban J connectivity index is 1.57. The summed E-state index contributed by atoms with van der Waals surface area (Å²) in [6, 6.07) is 23.5. The summed E-state index contributed by atoms with van der Waals surface area (Å²) >= 11 is 0. The second kappa shape index (κ2) is 9.18. The van der Waals surface area contributed by atoms with Gasteiger partial charge in [0.15, 0.2) is 0 Å². The number of amides is 1. The summed E-state index contributed by atoms with van der Waals surface area (Å²) in [4.78, 5) is 12.3. The molecule has 29 heavy (non-hydrogen) atoms. The van der Waals surface area contributed by atoms with Gasteiger partial charge in [0, 0.05) is 23.1 Å². The Bertz CT molecular complexity index is 1090. The molecular formula is C22H21N3O3S. The first-order valence-electron chi connectivity index (χ1n) is 8.91. The minimum atomic E-state index is -3.47. The van der Waals surface area contributed by atoms with E-state index in [4.69, 9.17) is 0 Å². The Morgan fingerprint density at radius 3 is 2.00 bits per heavy atom. The molecule has 0 aromatic heterocycles. The second-order valence-electron chi connectivity index (χ2n) is 6.17. The molecule has 0 atom stereocenters. The second-order valence-corrected chi connectivity index (χ2v) is 8.05. The van der Waals surface area contributed by atoms with Crippen LogP contribution in [0.3, 0.4) is 0 Å². The van der Waals surface area contributed by atoms with Crippen molar-refractivity contribution in [3.05, 3.63) is 90.5 Å². The van der Waals surface area contributed by atoms with Crippen LogP contribution in [-0.2, 0) is 14.8 Å². The highest BCUT2D eigenvalue weighted by molar-refractivity contribution is 7.89. The molecular weight excluding hydrogens is 386 g/mol. The first-order valence-corrected chi connectivity index (χ1v) is 10.4. The fraction of sp³-hybridized carbons (Fsp3) is 0.0455. The third kappa shape index (κ3) is 5.78. The van der Waals surface area contributed by atoms with Crippen molar-refractivity contribution >= 4 is 39.1 Å². The Morgan fingerprint density at radius 2 is 1.38 bits per heavy atom. The summed E-state index contributed by atoms with van der Waals surface area (Å²) in [7, 11) is -2.11. The van der Waals surface area contributed by atoms with Crippen molar-refractivity contribution in [2.75, 3.05) is 17.7 Å². The molecule has 0 heterocycles. The predicted octanol–water partition coefficient (Wildman–Crippen LogP) is 3.99. The molecule has 0 aliphatic rings. The summed E-state index contributed by atoms with van der Waals surface area (Å²) in [5.41, 5.74) is 3.30. The lowest BCUT2D eigenvalue weighted by atomic mass is 10.2. The molecule has 1 amide bonds. The van der Waals surface area contributed by atoms with Gasteiger partial charge in [0.1, 0.15) is 0 Å². The maximum Gasteiger partial charge on any atom is 0.248 e. The zero-order chi connectivity index (χ0) is 20.7. The Kier molecular flexibility index (Phi) is 6.43. The molecule has 0 saturated carbocycles. The van der Waals surface area contributed by atoms with E-state index in [0.29, 0.717) is 5.69 Å². The van der Waals surface area contributed by atoms with Gasteiger partial charge < -0.3 is 10.6 Å². The number of anilines is 3. The lowest BCUT2D eigenvalue weighted by Crippen LogP contribution is -2.18. The molecule has 0 radical (unpaired) electrons. The highest BCUT2D eigenvalue weighted by atomic mass is 32.2. The molecule has 0 spiro atoms. The molecule has 7 heteroatoms. The first kappa shape index (κ1) is 20.3. The van der Waals surface area contributed by atoms with E-state index in [9.17, 15) is 13.2 Å². The fourth-order valence-electron chi connectivity index (χ4n) is 2.56. The molecule has 0 aliphatic carbocycles. The highest BCUT2D eigenvalue weighted by Crippen LogP contribution is 2.18. The SMILES string of the molecule is CNS(=O)(=O)c1ccc(C=CC(=O)Nc2ccc(Nc3ccccc3)cc2)cc1. The number of sulfonamides is 1. The molecule has 0 aliphatic heterocycles. The monoisotopic (exact) mass is 407 g/mol. The van der Waals surface area contributed by atoms with E-state index >= 15 is 0 Å². The van der Waals surface area contributed by atoms with Crippen molar-refractivity contribution in [3.63, 3.8) is 0 Å². The van der Waals surface area contributed by atoms with Crippen molar-refractivity contribution < 1.29 is 13.2 Å². The van der Waals surface area contributed by atoms with Gasteiger partial charge in [-0.2, -0.15) is 0 Å². The molecule has 3 rings (SSSR count). The number of nitrogens with one attached hydrogen (secondary N) is 3. The lowest BCUT2D eigenvalue weighted by molar-refractivity contribution is -0.111. The molecule has 0 unspecified atom stereocenters. The fourth-order valence-corrected chi connectivity index (χ4v) is 3.29. The van der Waals surface area contributed by atoms with Crippen molar-refractivity contribution in [2.24, 2.45) is 0 Å². The average molecular weight is 407 g/mol. The van der Waals surface area contributed by atoms with Gasteiger partial charge in [0.05, 0.1) is 4.90 Å². The summed E-state index contributed by atoms with van der Waals surface area (Å²) in [6.45, 7) is 0. The largest absolute Gasteiger partial charge is 0.356 e. The number of carbonyl (C=O) groups is 1. The van der Waals surface area contributed by atoms with Gasteiger partial charge in [-0.05, 0) is 67.2 Å². The van der Waals surface area contributed by atoms with Gasteiger partial charge >= 0.3 is 0 Å². The van der Waals surface area contributed by atoms with Gasteiger partial charge in [-0.25, -0.2) is 13.1 Å². The van der Waals surface area contributed by atoms with Crippen LogP contribution in [0.25, 0.3) is 6.08 Å². The van der Waals surface area contributed by atoms with Crippen LogP contribution < -0.4 is 15.4 Å². The smallest absolute Gasteiger partial charge is 0.248 e. The summed E-state index contributed by atoms with van der Waals surface area (Å²) in [5, 5.41) is 6.07. The minimum Gasteiger partial charge on any atom is -0.356 e. The number of benzene rings is 3. The van der Waals surface area contributed by atoms with Gasteiger partial charge in [0.2, 0.25) is 15.9 Å². The van der Waals surface area contributed by atoms with Crippen molar-refractivity contribution in [3.8, 4) is 0 Å². The third-order valence-corrected chi connectivity index (χ3v) is 5.53. The Hall–Kier alpha value is -3.42. The molecule has 148 valence electrons. The quantitative estimate of drug-likeness (QED) is 0.517. The van der Waals surface area contributed by atoms with Crippen molar-refractivity contribution in [2.45, 2.75) is 4.90 Å². The van der Waals surface area contributed by atoms with Crippen molar-refractivity contribution in [1.82, 2.24) is 4.72 Å². The van der Waals surface area contributed by atoms with Crippen LogP contribution >= 0.6 is 0 Å². The van der Waals surface area contributed by atoms with Crippen molar-refractivity contribution in [1.29, 1.82) is 0 Å². The van der Waals surface area contributed by atoms with Gasteiger partial charge in [0.25, 0.3) is 0 Å².